The van der Waals surface area contributed by atoms with Crippen LogP contribution in [0.25, 0.3) is 0 Å². The molecule has 0 aliphatic carbocycles. The Bertz CT molecular complexity index is 843. The van der Waals surface area contributed by atoms with Gasteiger partial charge in [0.25, 0.3) is 5.91 Å². The number of amides is 2. The minimum atomic E-state index is -0.517. The van der Waals surface area contributed by atoms with Crippen LogP contribution < -0.4 is 10.2 Å². The summed E-state index contributed by atoms with van der Waals surface area (Å²) in [5.41, 5.74) is 1.92. The summed E-state index contributed by atoms with van der Waals surface area (Å²) in [5, 5.41) is 2.61. The normalized spacial score (nSPS) is 16.6. The van der Waals surface area contributed by atoms with E-state index >= 15 is 0 Å². The topological polar surface area (TPSA) is 52.7 Å². The van der Waals surface area contributed by atoms with Gasteiger partial charge in [-0.2, -0.15) is 0 Å². The van der Waals surface area contributed by atoms with Gasteiger partial charge >= 0.3 is 0 Å². The predicted molar refractivity (Wildman–Crippen MR) is 96.8 cm³/mol. The fourth-order valence-corrected chi connectivity index (χ4v) is 3.43. The molecule has 1 heterocycles. The molecule has 5 nitrogen and oxygen atoms in total. The van der Waals surface area contributed by atoms with Crippen LogP contribution in [0.2, 0.25) is 0 Å². The van der Waals surface area contributed by atoms with Gasteiger partial charge in [0.2, 0.25) is 5.91 Å². The molecule has 0 spiro atoms. The van der Waals surface area contributed by atoms with Gasteiger partial charge in [0.15, 0.2) is 0 Å². The number of hydrogen-bond donors (Lipinski definition) is 1. The fourth-order valence-electron chi connectivity index (χ4n) is 3.03. The molecule has 1 N–H and O–H groups in total. The van der Waals surface area contributed by atoms with Gasteiger partial charge in [0, 0.05) is 14.1 Å². The lowest BCUT2D eigenvalue weighted by molar-refractivity contribution is -0.119. The lowest BCUT2D eigenvalue weighted by Gasteiger charge is -2.44. The van der Waals surface area contributed by atoms with Crippen molar-refractivity contribution in [2.75, 3.05) is 25.5 Å². The van der Waals surface area contributed by atoms with Gasteiger partial charge in [-0.3, -0.25) is 9.59 Å². The Morgan fingerprint density at radius 2 is 2.00 bits per heavy atom. The summed E-state index contributed by atoms with van der Waals surface area (Å²) in [6, 6.07) is 11.8. The van der Waals surface area contributed by atoms with Crippen LogP contribution in [-0.2, 0) is 4.79 Å². The molecule has 25 heavy (non-hydrogen) atoms. The molecule has 0 bridgehead atoms. The van der Waals surface area contributed by atoms with Gasteiger partial charge in [-0.1, -0.05) is 18.2 Å². The first-order valence-electron chi connectivity index (χ1n) is 7.72. The molecule has 1 atom stereocenters. The molecule has 7 heteroatoms. The zero-order chi connectivity index (χ0) is 18.1. The monoisotopic (exact) mass is 405 g/mol. The molecular weight excluding hydrogens is 389 g/mol. The lowest BCUT2D eigenvalue weighted by atomic mass is 10.0. The zero-order valence-electron chi connectivity index (χ0n) is 13.8. The molecule has 0 fully saturated rings. The van der Waals surface area contributed by atoms with Crippen molar-refractivity contribution in [3.63, 3.8) is 0 Å². The van der Waals surface area contributed by atoms with Crippen LogP contribution in [0.1, 0.15) is 22.1 Å². The number of carbonyl (C=O) groups excluding carboxylic acids is 2. The van der Waals surface area contributed by atoms with Crippen molar-refractivity contribution in [3.8, 4) is 0 Å². The Hall–Kier alpha value is -2.41. The highest BCUT2D eigenvalue weighted by Crippen LogP contribution is 2.38. The number of halogens is 2. The Morgan fingerprint density at radius 1 is 1.28 bits per heavy atom. The number of fused-ring (bicyclic) bond motifs is 1. The van der Waals surface area contributed by atoms with E-state index < -0.39 is 6.17 Å². The third-order valence-corrected chi connectivity index (χ3v) is 4.87. The number of rotatable bonds is 3. The number of nitrogens with one attached hydrogen (secondary N) is 1. The first kappa shape index (κ1) is 17.4. The molecule has 2 amide bonds. The highest BCUT2D eigenvalue weighted by Gasteiger charge is 2.37. The number of para-hydroxylation sites is 1. The summed E-state index contributed by atoms with van der Waals surface area (Å²) in [6.07, 6.45) is -0.517. The SMILES string of the molecule is CNC(=O)CN1c2ccccc2C(=O)N(C)[C@@H]1c1ccc(F)c(Br)c1. The first-order chi connectivity index (χ1) is 11.9. The summed E-state index contributed by atoms with van der Waals surface area (Å²) in [4.78, 5) is 28.2. The van der Waals surface area contributed by atoms with Crippen LogP contribution in [-0.4, -0.2) is 37.4 Å². The van der Waals surface area contributed by atoms with Crippen molar-refractivity contribution >= 4 is 33.4 Å². The maximum atomic E-state index is 13.6. The summed E-state index contributed by atoms with van der Waals surface area (Å²) in [7, 11) is 3.24. The third kappa shape index (κ3) is 3.11. The second-order valence-electron chi connectivity index (χ2n) is 5.78. The molecule has 2 aromatic carbocycles. The third-order valence-electron chi connectivity index (χ3n) is 4.26. The second-order valence-corrected chi connectivity index (χ2v) is 6.64. The van der Waals surface area contributed by atoms with E-state index in [-0.39, 0.29) is 24.2 Å². The van der Waals surface area contributed by atoms with E-state index in [4.69, 9.17) is 0 Å². The van der Waals surface area contributed by atoms with E-state index in [1.165, 1.54) is 6.07 Å². The van der Waals surface area contributed by atoms with Crippen molar-refractivity contribution in [2.24, 2.45) is 0 Å². The molecular formula is C18H17BrFN3O2. The number of benzene rings is 2. The maximum Gasteiger partial charge on any atom is 0.257 e. The smallest absolute Gasteiger partial charge is 0.257 e. The summed E-state index contributed by atoms with van der Waals surface area (Å²) in [5.74, 6) is -0.704. The molecule has 0 saturated heterocycles. The number of nitrogens with zero attached hydrogens (tertiary/aromatic N) is 2. The van der Waals surface area contributed by atoms with E-state index in [2.05, 4.69) is 21.2 Å². The van der Waals surface area contributed by atoms with Crippen LogP contribution in [0.15, 0.2) is 46.9 Å². The molecule has 3 rings (SSSR count). The van der Waals surface area contributed by atoms with Crippen molar-refractivity contribution < 1.29 is 14.0 Å². The van der Waals surface area contributed by atoms with Gasteiger partial charge < -0.3 is 15.1 Å². The van der Waals surface area contributed by atoms with E-state index in [1.54, 1.807) is 43.3 Å². The summed E-state index contributed by atoms with van der Waals surface area (Å²) >= 11 is 3.19. The molecule has 1 aliphatic heterocycles. The van der Waals surface area contributed by atoms with Crippen LogP contribution >= 0.6 is 15.9 Å². The van der Waals surface area contributed by atoms with Crippen LogP contribution in [0.4, 0.5) is 10.1 Å². The van der Waals surface area contributed by atoms with E-state index in [0.717, 1.165) is 0 Å². The second kappa shape index (κ2) is 6.84. The number of carbonyl (C=O) groups is 2. The van der Waals surface area contributed by atoms with Crippen molar-refractivity contribution in [3.05, 3.63) is 63.9 Å². The van der Waals surface area contributed by atoms with Gasteiger partial charge in [-0.25, -0.2) is 4.39 Å². The van der Waals surface area contributed by atoms with Crippen molar-refractivity contribution in [2.45, 2.75) is 6.17 Å². The Labute approximate surface area is 153 Å². The van der Waals surface area contributed by atoms with Gasteiger partial charge in [-0.05, 0) is 45.8 Å². The van der Waals surface area contributed by atoms with Crippen LogP contribution in [0.3, 0.4) is 0 Å². The molecule has 0 unspecified atom stereocenters. The number of likely N-dealkylation sites (N-methyl/N-ethyl adjacent to an activating group) is 1. The maximum absolute atomic E-state index is 13.6. The molecule has 2 aromatic rings. The van der Waals surface area contributed by atoms with Crippen LogP contribution in [0, 0.1) is 5.82 Å². The van der Waals surface area contributed by atoms with Gasteiger partial charge in [-0.15, -0.1) is 0 Å². The fraction of sp³-hybridized carbons (Fsp3) is 0.222. The molecule has 0 radical (unpaired) electrons. The van der Waals surface area contributed by atoms with E-state index in [0.29, 0.717) is 21.3 Å². The average Bonchev–Trinajstić information content (AvgIpc) is 2.62. The highest BCUT2D eigenvalue weighted by molar-refractivity contribution is 9.10. The quantitative estimate of drug-likeness (QED) is 0.853. The molecule has 130 valence electrons. The summed E-state index contributed by atoms with van der Waals surface area (Å²) in [6.45, 7) is 0.0742. The minimum absolute atomic E-state index is 0.0742. The average molecular weight is 406 g/mol. The predicted octanol–water partition coefficient (Wildman–Crippen LogP) is 2.93. The molecule has 0 saturated carbocycles. The molecule has 1 aliphatic rings. The number of hydrogen-bond acceptors (Lipinski definition) is 3. The Morgan fingerprint density at radius 3 is 2.68 bits per heavy atom. The van der Waals surface area contributed by atoms with Crippen molar-refractivity contribution in [1.82, 2.24) is 10.2 Å². The van der Waals surface area contributed by atoms with E-state index in [1.807, 2.05) is 17.0 Å². The molecule has 0 aromatic heterocycles. The minimum Gasteiger partial charge on any atom is -0.358 e. The highest BCUT2D eigenvalue weighted by atomic mass is 79.9. The van der Waals surface area contributed by atoms with Gasteiger partial charge in [0.1, 0.15) is 12.0 Å². The largest absolute Gasteiger partial charge is 0.358 e. The Balaban J connectivity index is 2.14. The lowest BCUT2D eigenvalue weighted by Crippen LogP contribution is -2.50. The number of anilines is 1. The van der Waals surface area contributed by atoms with Crippen molar-refractivity contribution in [1.29, 1.82) is 0 Å². The summed E-state index contributed by atoms with van der Waals surface area (Å²) < 4.78 is 13.9. The van der Waals surface area contributed by atoms with Gasteiger partial charge in [0.05, 0.1) is 22.3 Å². The van der Waals surface area contributed by atoms with Crippen LogP contribution in [0.5, 0.6) is 0 Å². The first-order valence-corrected chi connectivity index (χ1v) is 8.51. The standard InChI is InChI=1S/C18H17BrFN3O2/c1-21-16(24)10-23-15-6-4-3-5-12(15)18(25)22(2)17(23)11-7-8-14(20)13(19)9-11/h3-9,17H,10H2,1-2H3,(H,21,24)/t17-/m0/s1. The van der Waals surface area contributed by atoms with E-state index in [9.17, 15) is 14.0 Å². The Kier molecular flexibility index (Phi) is 4.76. The zero-order valence-corrected chi connectivity index (χ0v) is 15.4.